The van der Waals surface area contributed by atoms with Crippen molar-refractivity contribution in [3.8, 4) is 0 Å². The minimum atomic E-state index is 0.159. The van der Waals surface area contributed by atoms with Crippen molar-refractivity contribution < 1.29 is 0 Å². The maximum absolute atomic E-state index is 6.21. The summed E-state index contributed by atoms with van der Waals surface area (Å²) in [6.07, 6.45) is 3.96. The van der Waals surface area contributed by atoms with Crippen molar-refractivity contribution in [3.63, 3.8) is 0 Å². The van der Waals surface area contributed by atoms with Gasteiger partial charge in [0.25, 0.3) is 0 Å². The van der Waals surface area contributed by atoms with Crippen molar-refractivity contribution >= 4 is 15.9 Å². The summed E-state index contributed by atoms with van der Waals surface area (Å²) in [5.74, 6) is 0. The number of nitrogens with zero attached hydrogens (tertiary/aromatic N) is 1. The zero-order valence-electron chi connectivity index (χ0n) is 10.4. The fourth-order valence-corrected chi connectivity index (χ4v) is 3.24. The second-order valence-corrected chi connectivity index (χ2v) is 5.78. The van der Waals surface area contributed by atoms with E-state index in [0.717, 1.165) is 0 Å². The monoisotopic (exact) mass is 296 g/mol. The summed E-state index contributed by atoms with van der Waals surface area (Å²) in [4.78, 5) is 2.54. The lowest BCUT2D eigenvalue weighted by Crippen LogP contribution is -2.42. The summed E-state index contributed by atoms with van der Waals surface area (Å²) in [5, 5.41) is 0. The zero-order chi connectivity index (χ0) is 12.3. The first-order valence-electron chi connectivity index (χ1n) is 6.44. The molecule has 17 heavy (non-hydrogen) atoms. The van der Waals surface area contributed by atoms with Gasteiger partial charge < -0.3 is 5.73 Å². The van der Waals surface area contributed by atoms with Crippen LogP contribution >= 0.6 is 15.9 Å². The number of benzene rings is 1. The first-order chi connectivity index (χ1) is 8.20. The number of likely N-dealkylation sites (tertiary alicyclic amines) is 1. The number of halogens is 1. The lowest BCUT2D eigenvalue weighted by atomic mass is 9.97. The highest BCUT2D eigenvalue weighted by atomic mass is 79.9. The third-order valence-electron chi connectivity index (χ3n) is 3.51. The van der Waals surface area contributed by atoms with E-state index in [1.54, 1.807) is 0 Å². The van der Waals surface area contributed by atoms with Crippen LogP contribution < -0.4 is 5.73 Å². The van der Waals surface area contributed by atoms with Crippen LogP contribution in [-0.2, 0) is 0 Å². The van der Waals surface area contributed by atoms with Gasteiger partial charge >= 0.3 is 0 Å². The second-order valence-electron chi connectivity index (χ2n) is 4.92. The molecule has 94 valence electrons. The Morgan fingerprint density at radius 1 is 1.18 bits per heavy atom. The Morgan fingerprint density at radius 2 is 1.82 bits per heavy atom. The lowest BCUT2D eigenvalue weighted by molar-refractivity contribution is 0.146. The summed E-state index contributed by atoms with van der Waals surface area (Å²) in [6.45, 7) is 4.46. The summed E-state index contributed by atoms with van der Waals surface area (Å²) in [6, 6.07) is 8.95. The van der Waals surface area contributed by atoms with Crippen molar-refractivity contribution in [2.24, 2.45) is 5.73 Å². The molecular weight excluding hydrogens is 276 g/mol. The van der Waals surface area contributed by atoms with E-state index in [1.807, 2.05) is 0 Å². The maximum Gasteiger partial charge on any atom is 0.0507 e. The Kier molecular flexibility index (Phi) is 4.60. The molecule has 1 aliphatic heterocycles. The molecular formula is C14H21BrN2. The SMILES string of the molecule is CC(N)C(c1ccccc1Br)N1CCCCC1. The third-order valence-corrected chi connectivity index (χ3v) is 4.23. The molecule has 1 saturated heterocycles. The highest BCUT2D eigenvalue weighted by Gasteiger charge is 2.26. The topological polar surface area (TPSA) is 29.3 Å². The van der Waals surface area contributed by atoms with E-state index in [-0.39, 0.29) is 6.04 Å². The van der Waals surface area contributed by atoms with Gasteiger partial charge in [0, 0.05) is 10.5 Å². The Bertz CT molecular complexity index is 359. The molecule has 3 heteroatoms. The van der Waals surface area contributed by atoms with Gasteiger partial charge in [0.15, 0.2) is 0 Å². The molecule has 1 aliphatic rings. The predicted molar refractivity (Wildman–Crippen MR) is 76.0 cm³/mol. The maximum atomic E-state index is 6.21. The Hall–Kier alpha value is -0.380. The first kappa shape index (κ1) is 13.1. The number of piperidine rings is 1. The summed E-state index contributed by atoms with van der Waals surface area (Å²) < 4.78 is 1.17. The molecule has 0 aromatic heterocycles. The van der Waals surface area contributed by atoms with Crippen LogP contribution in [0.15, 0.2) is 28.7 Å². The highest BCUT2D eigenvalue weighted by molar-refractivity contribution is 9.10. The van der Waals surface area contributed by atoms with Crippen molar-refractivity contribution in [3.05, 3.63) is 34.3 Å². The Balaban J connectivity index is 2.25. The average molecular weight is 297 g/mol. The number of hydrogen-bond donors (Lipinski definition) is 1. The molecule has 0 amide bonds. The first-order valence-corrected chi connectivity index (χ1v) is 7.23. The zero-order valence-corrected chi connectivity index (χ0v) is 12.0. The highest BCUT2D eigenvalue weighted by Crippen LogP contribution is 2.31. The van der Waals surface area contributed by atoms with Crippen LogP contribution in [0, 0.1) is 0 Å². The number of nitrogens with two attached hydrogens (primary N) is 1. The molecule has 1 aromatic rings. The van der Waals surface area contributed by atoms with Crippen molar-refractivity contribution in [1.29, 1.82) is 0 Å². The van der Waals surface area contributed by atoms with Crippen LogP contribution in [-0.4, -0.2) is 24.0 Å². The fraction of sp³-hybridized carbons (Fsp3) is 0.571. The molecule has 1 aromatic carbocycles. The largest absolute Gasteiger partial charge is 0.326 e. The number of rotatable bonds is 3. The van der Waals surface area contributed by atoms with Crippen molar-refractivity contribution in [2.75, 3.05) is 13.1 Å². The molecule has 0 saturated carbocycles. The molecule has 1 fully saturated rings. The minimum absolute atomic E-state index is 0.159. The molecule has 0 aliphatic carbocycles. The van der Waals surface area contributed by atoms with Crippen LogP contribution in [0.5, 0.6) is 0 Å². The summed E-state index contributed by atoms with van der Waals surface area (Å²) >= 11 is 3.65. The van der Waals surface area contributed by atoms with Crippen molar-refractivity contribution in [2.45, 2.75) is 38.3 Å². The van der Waals surface area contributed by atoms with Gasteiger partial charge in [-0.1, -0.05) is 40.5 Å². The molecule has 2 unspecified atom stereocenters. The Morgan fingerprint density at radius 3 is 2.41 bits per heavy atom. The third kappa shape index (κ3) is 3.09. The van der Waals surface area contributed by atoms with Crippen LogP contribution in [0.1, 0.15) is 37.8 Å². The van der Waals surface area contributed by atoms with Gasteiger partial charge in [0.1, 0.15) is 0 Å². The van der Waals surface area contributed by atoms with Gasteiger partial charge in [-0.2, -0.15) is 0 Å². The second kappa shape index (κ2) is 5.98. The van der Waals surface area contributed by atoms with Crippen LogP contribution in [0.3, 0.4) is 0 Å². The van der Waals surface area contributed by atoms with Gasteiger partial charge in [0.2, 0.25) is 0 Å². The molecule has 2 nitrogen and oxygen atoms in total. The van der Waals surface area contributed by atoms with Crippen LogP contribution in [0.25, 0.3) is 0 Å². The van der Waals surface area contributed by atoms with E-state index in [4.69, 9.17) is 5.73 Å². The van der Waals surface area contributed by atoms with Crippen molar-refractivity contribution in [1.82, 2.24) is 4.90 Å². The van der Waals surface area contributed by atoms with Gasteiger partial charge in [0.05, 0.1) is 6.04 Å². The average Bonchev–Trinajstić information content (AvgIpc) is 2.33. The molecule has 1 heterocycles. The molecule has 0 bridgehead atoms. The van der Waals surface area contributed by atoms with E-state index < -0.39 is 0 Å². The van der Waals surface area contributed by atoms with E-state index in [0.29, 0.717) is 6.04 Å². The molecule has 2 atom stereocenters. The normalized spacial score (nSPS) is 21.1. The lowest BCUT2D eigenvalue weighted by Gasteiger charge is -2.37. The van der Waals surface area contributed by atoms with Crippen LogP contribution in [0.2, 0.25) is 0 Å². The Labute approximate surface area is 112 Å². The molecule has 0 spiro atoms. The summed E-state index contributed by atoms with van der Waals surface area (Å²) in [7, 11) is 0. The quantitative estimate of drug-likeness (QED) is 0.927. The smallest absolute Gasteiger partial charge is 0.0507 e. The molecule has 0 radical (unpaired) electrons. The van der Waals surface area contributed by atoms with E-state index in [2.05, 4.69) is 52.0 Å². The van der Waals surface area contributed by atoms with E-state index in [9.17, 15) is 0 Å². The molecule has 2 rings (SSSR count). The van der Waals surface area contributed by atoms with E-state index >= 15 is 0 Å². The van der Waals surface area contributed by atoms with Gasteiger partial charge in [-0.15, -0.1) is 0 Å². The summed E-state index contributed by atoms with van der Waals surface area (Å²) in [5.41, 5.74) is 7.53. The molecule has 2 N–H and O–H groups in total. The predicted octanol–water partition coefficient (Wildman–Crippen LogP) is 3.32. The number of hydrogen-bond acceptors (Lipinski definition) is 2. The van der Waals surface area contributed by atoms with Gasteiger partial charge in [-0.05, 0) is 44.5 Å². The van der Waals surface area contributed by atoms with Crippen LogP contribution in [0.4, 0.5) is 0 Å². The minimum Gasteiger partial charge on any atom is -0.326 e. The van der Waals surface area contributed by atoms with Gasteiger partial charge in [-0.3, -0.25) is 4.90 Å². The standard InChI is InChI=1S/C14H21BrN2/c1-11(16)14(17-9-5-2-6-10-17)12-7-3-4-8-13(12)15/h3-4,7-8,11,14H,2,5-6,9-10,16H2,1H3. The fourth-order valence-electron chi connectivity index (χ4n) is 2.72. The van der Waals surface area contributed by atoms with E-state index in [1.165, 1.54) is 42.4 Å². The van der Waals surface area contributed by atoms with Gasteiger partial charge in [-0.25, -0.2) is 0 Å².